The molecule has 1 amide bonds. The highest BCUT2D eigenvalue weighted by molar-refractivity contribution is 7.89. The van der Waals surface area contributed by atoms with Crippen LogP contribution in [-0.2, 0) is 14.8 Å². The zero-order chi connectivity index (χ0) is 20.2. The molecular weight excluding hydrogens is 368 g/mol. The molecular formula is C19H22N2O5S. The van der Waals surface area contributed by atoms with Gasteiger partial charge < -0.3 is 10.4 Å². The first-order chi connectivity index (χ1) is 12.6. The lowest BCUT2D eigenvalue weighted by molar-refractivity contribution is -0.137. The van der Waals surface area contributed by atoms with Crippen molar-refractivity contribution in [2.45, 2.75) is 24.3 Å². The summed E-state index contributed by atoms with van der Waals surface area (Å²) in [5.74, 6) is -1.51. The van der Waals surface area contributed by atoms with Gasteiger partial charge in [0.15, 0.2) is 0 Å². The van der Waals surface area contributed by atoms with Crippen molar-refractivity contribution < 1.29 is 23.1 Å². The third kappa shape index (κ3) is 5.15. The van der Waals surface area contributed by atoms with Crippen LogP contribution in [0.2, 0.25) is 0 Å². The van der Waals surface area contributed by atoms with E-state index in [-0.39, 0.29) is 16.9 Å². The van der Waals surface area contributed by atoms with E-state index in [1.54, 1.807) is 12.1 Å². The van der Waals surface area contributed by atoms with Crippen LogP contribution in [-0.4, -0.2) is 43.8 Å². The first-order valence-corrected chi connectivity index (χ1v) is 9.67. The van der Waals surface area contributed by atoms with Crippen molar-refractivity contribution >= 4 is 21.9 Å². The summed E-state index contributed by atoms with van der Waals surface area (Å²) >= 11 is 0. The van der Waals surface area contributed by atoms with Crippen molar-refractivity contribution in [3.63, 3.8) is 0 Å². The largest absolute Gasteiger partial charge is 0.481 e. The van der Waals surface area contributed by atoms with E-state index >= 15 is 0 Å². The average molecular weight is 390 g/mol. The molecule has 0 aliphatic carbocycles. The lowest BCUT2D eigenvalue weighted by Gasteiger charge is -2.18. The Hall–Kier alpha value is -2.71. The highest BCUT2D eigenvalue weighted by atomic mass is 32.2. The molecule has 1 atom stereocenters. The van der Waals surface area contributed by atoms with Crippen molar-refractivity contribution in [1.82, 2.24) is 9.62 Å². The fraction of sp³-hybridized carbons (Fsp3) is 0.263. The molecule has 144 valence electrons. The molecule has 0 unspecified atom stereocenters. The zero-order valence-electron chi connectivity index (χ0n) is 15.3. The Balaban J connectivity index is 2.22. The van der Waals surface area contributed by atoms with Crippen LogP contribution in [0.15, 0.2) is 53.4 Å². The molecule has 0 saturated carbocycles. The van der Waals surface area contributed by atoms with E-state index in [9.17, 15) is 18.0 Å². The van der Waals surface area contributed by atoms with E-state index in [0.29, 0.717) is 5.56 Å². The van der Waals surface area contributed by atoms with Crippen LogP contribution in [0.25, 0.3) is 0 Å². The predicted octanol–water partition coefficient (Wildman–Crippen LogP) is 2.19. The maximum Gasteiger partial charge on any atom is 0.305 e. The molecule has 0 saturated heterocycles. The fourth-order valence-corrected chi connectivity index (χ4v) is 3.36. The number of hydrogen-bond donors (Lipinski definition) is 2. The van der Waals surface area contributed by atoms with Gasteiger partial charge in [0.25, 0.3) is 5.91 Å². The Morgan fingerprint density at radius 3 is 2.07 bits per heavy atom. The number of carbonyl (C=O) groups is 2. The molecule has 2 rings (SSSR count). The van der Waals surface area contributed by atoms with Gasteiger partial charge in [-0.2, -0.15) is 0 Å². The van der Waals surface area contributed by atoms with Crippen LogP contribution in [0.3, 0.4) is 0 Å². The van der Waals surface area contributed by atoms with Crippen LogP contribution in [0, 0.1) is 6.92 Å². The van der Waals surface area contributed by atoms with E-state index in [4.69, 9.17) is 5.11 Å². The molecule has 0 aromatic heterocycles. The summed E-state index contributed by atoms with van der Waals surface area (Å²) in [4.78, 5) is 23.7. The molecule has 2 aromatic rings. The molecule has 2 aromatic carbocycles. The number of sulfonamides is 1. The van der Waals surface area contributed by atoms with Gasteiger partial charge in [0.1, 0.15) is 0 Å². The Bertz CT molecular complexity index is 920. The lowest BCUT2D eigenvalue weighted by Crippen LogP contribution is -2.30. The summed E-state index contributed by atoms with van der Waals surface area (Å²) in [6, 6.07) is 12.0. The number of amides is 1. The SMILES string of the molecule is Cc1ccc([C@H](CC(=O)O)NC(=O)c2ccc(S(=O)(=O)N(C)C)cc2)cc1. The molecule has 0 aliphatic rings. The molecule has 2 N–H and O–H groups in total. The minimum absolute atomic E-state index is 0.0738. The molecule has 0 spiro atoms. The molecule has 27 heavy (non-hydrogen) atoms. The zero-order valence-corrected chi connectivity index (χ0v) is 16.2. The van der Waals surface area contributed by atoms with Gasteiger partial charge in [0.2, 0.25) is 10.0 Å². The van der Waals surface area contributed by atoms with Crippen LogP contribution in [0.1, 0.15) is 33.9 Å². The maximum atomic E-state index is 12.5. The topological polar surface area (TPSA) is 104 Å². The summed E-state index contributed by atoms with van der Waals surface area (Å²) in [7, 11) is -0.732. The van der Waals surface area contributed by atoms with Crippen molar-refractivity contribution in [3.05, 3.63) is 65.2 Å². The number of aliphatic carboxylic acids is 1. The predicted molar refractivity (Wildman–Crippen MR) is 101 cm³/mol. The molecule has 0 radical (unpaired) electrons. The van der Waals surface area contributed by atoms with Crippen LogP contribution < -0.4 is 5.32 Å². The van der Waals surface area contributed by atoms with Gasteiger partial charge in [-0.3, -0.25) is 9.59 Å². The standard InChI is InChI=1S/C19H22N2O5S/c1-13-4-6-14(7-5-13)17(12-18(22)23)20-19(24)15-8-10-16(11-9-15)27(25,26)21(2)3/h4-11,17H,12H2,1-3H3,(H,20,24)(H,22,23)/t17-/m0/s1. The highest BCUT2D eigenvalue weighted by Gasteiger charge is 2.21. The Morgan fingerprint density at radius 1 is 1.04 bits per heavy atom. The van der Waals surface area contributed by atoms with E-state index in [1.165, 1.54) is 38.4 Å². The van der Waals surface area contributed by atoms with E-state index in [2.05, 4.69) is 5.32 Å². The molecule has 7 nitrogen and oxygen atoms in total. The van der Waals surface area contributed by atoms with Gasteiger partial charge >= 0.3 is 5.97 Å². The number of carboxylic acid groups (broad SMARTS) is 1. The third-order valence-electron chi connectivity index (χ3n) is 4.06. The summed E-state index contributed by atoms with van der Waals surface area (Å²) in [6.07, 6.45) is -0.262. The number of rotatable bonds is 7. The van der Waals surface area contributed by atoms with Gasteiger partial charge in [-0.05, 0) is 36.8 Å². The minimum Gasteiger partial charge on any atom is -0.481 e. The number of carboxylic acids is 1. The van der Waals surface area contributed by atoms with Crippen molar-refractivity contribution in [2.75, 3.05) is 14.1 Å². The highest BCUT2D eigenvalue weighted by Crippen LogP contribution is 2.19. The number of nitrogens with one attached hydrogen (secondary N) is 1. The van der Waals surface area contributed by atoms with Crippen LogP contribution in [0.4, 0.5) is 0 Å². The first kappa shape index (κ1) is 20.6. The average Bonchev–Trinajstić information content (AvgIpc) is 2.61. The molecule has 0 fully saturated rings. The number of carbonyl (C=O) groups excluding carboxylic acids is 1. The Kier molecular flexibility index (Phi) is 6.35. The van der Waals surface area contributed by atoms with E-state index in [0.717, 1.165) is 9.87 Å². The number of benzene rings is 2. The second kappa shape index (κ2) is 8.32. The molecule has 0 aliphatic heterocycles. The summed E-state index contributed by atoms with van der Waals surface area (Å²) in [5, 5.41) is 11.8. The monoisotopic (exact) mass is 390 g/mol. The molecule has 8 heteroatoms. The van der Waals surface area contributed by atoms with Crippen molar-refractivity contribution in [2.24, 2.45) is 0 Å². The van der Waals surface area contributed by atoms with Crippen molar-refractivity contribution in [1.29, 1.82) is 0 Å². The second-order valence-electron chi connectivity index (χ2n) is 6.35. The van der Waals surface area contributed by atoms with E-state index in [1.807, 2.05) is 19.1 Å². The van der Waals surface area contributed by atoms with Gasteiger partial charge in [0.05, 0.1) is 17.4 Å². The van der Waals surface area contributed by atoms with Gasteiger partial charge in [-0.15, -0.1) is 0 Å². The maximum absolute atomic E-state index is 12.5. The van der Waals surface area contributed by atoms with Crippen molar-refractivity contribution in [3.8, 4) is 0 Å². The van der Waals surface area contributed by atoms with Gasteiger partial charge in [-0.25, -0.2) is 12.7 Å². The van der Waals surface area contributed by atoms with Gasteiger partial charge in [0, 0.05) is 19.7 Å². The molecule has 0 heterocycles. The Labute approximate surface area is 158 Å². The summed E-state index contributed by atoms with van der Waals surface area (Å²) in [6.45, 7) is 1.91. The summed E-state index contributed by atoms with van der Waals surface area (Å²) in [5.41, 5.74) is 1.95. The van der Waals surface area contributed by atoms with E-state index < -0.39 is 27.9 Å². The number of hydrogen-bond acceptors (Lipinski definition) is 4. The number of aryl methyl sites for hydroxylation is 1. The normalized spacial score (nSPS) is 12.6. The lowest BCUT2D eigenvalue weighted by atomic mass is 10.0. The third-order valence-corrected chi connectivity index (χ3v) is 5.89. The fourth-order valence-electron chi connectivity index (χ4n) is 2.46. The van der Waals surface area contributed by atoms with Crippen LogP contribution >= 0.6 is 0 Å². The molecule has 0 bridgehead atoms. The first-order valence-electron chi connectivity index (χ1n) is 8.23. The smallest absolute Gasteiger partial charge is 0.305 e. The number of nitrogens with zero attached hydrogens (tertiary/aromatic N) is 1. The van der Waals surface area contributed by atoms with Crippen LogP contribution in [0.5, 0.6) is 0 Å². The minimum atomic E-state index is -3.58. The van der Waals surface area contributed by atoms with Gasteiger partial charge in [-0.1, -0.05) is 29.8 Å². The summed E-state index contributed by atoms with van der Waals surface area (Å²) < 4.78 is 25.3. The quantitative estimate of drug-likeness (QED) is 0.754. The Morgan fingerprint density at radius 2 is 1.59 bits per heavy atom. The second-order valence-corrected chi connectivity index (χ2v) is 8.50.